The van der Waals surface area contributed by atoms with Crippen molar-refractivity contribution in [2.45, 2.75) is 6.42 Å². The Hall–Kier alpha value is -1.71. The van der Waals surface area contributed by atoms with Crippen molar-refractivity contribution >= 4 is 11.4 Å². The largest absolute Gasteiger partial charge is 1.00 e. The van der Waals surface area contributed by atoms with E-state index in [1.165, 1.54) is 11.1 Å². The Morgan fingerprint density at radius 3 is 2.17 bits per heavy atom. The normalized spacial score (nSPS) is 20.3. The summed E-state index contributed by atoms with van der Waals surface area (Å²) in [6.45, 7) is 2.50. The summed E-state index contributed by atoms with van der Waals surface area (Å²) in [5.74, 6) is 0.236. The van der Waals surface area contributed by atoms with Crippen molar-refractivity contribution < 1.29 is 26.3 Å². The van der Waals surface area contributed by atoms with Crippen molar-refractivity contribution in [1.82, 2.24) is 0 Å². The van der Waals surface area contributed by atoms with Gasteiger partial charge in [0.05, 0.1) is 20.1 Å². The summed E-state index contributed by atoms with van der Waals surface area (Å²) in [4.78, 5) is 12.4. The van der Waals surface area contributed by atoms with E-state index in [-0.39, 0.29) is 22.8 Å². The second-order valence-corrected chi connectivity index (χ2v) is 6.32. The second-order valence-electron chi connectivity index (χ2n) is 6.32. The first-order chi connectivity index (χ1) is 10.7. The Bertz CT molecular complexity index is 681. The molecule has 2 aromatic carbocycles. The number of benzene rings is 2. The zero-order chi connectivity index (χ0) is 15.4. The molecule has 1 aliphatic rings. The summed E-state index contributed by atoms with van der Waals surface area (Å²) in [6.07, 6.45) is 3.33. The first kappa shape index (κ1) is 17.6. The van der Waals surface area contributed by atoms with Gasteiger partial charge in [-0.15, -0.1) is 0 Å². The van der Waals surface area contributed by atoms with E-state index in [1.807, 2.05) is 36.4 Å². The van der Waals surface area contributed by atoms with Crippen molar-refractivity contribution in [3.05, 3.63) is 77.9 Å². The summed E-state index contributed by atoms with van der Waals surface area (Å²) < 4.78 is 0.796. The number of quaternary nitrogens is 1. The Morgan fingerprint density at radius 2 is 1.61 bits per heavy atom. The number of hydrogen-bond donors (Lipinski definition) is 0. The van der Waals surface area contributed by atoms with Crippen LogP contribution in [0, 0.1) is 0 Å². The highest BCUT2D eigenvalue weighted by atomic mass is 79.9. The van der Waals surface area contributed by atoms with Gasteiger partial charge in [-0.05, 0) is 17.2 Å². The number of carbonyl (C=O) groups is 1. The average molecular weight is 372 g/mol. The number of hydrogen-bond acceptors (Lipinski definition) is 1. The maximum atomic E-state index is 12.4. The molecule has 2 aromatic rings. The fourth-order valence-corrected chi connectivity index (χ4v) is 3.03. The molecule has 3 heteroatoms. The molecule has 0 saturated carbocycles. The van der Waals surface area contributed by atoms with E-state index in [2.05, 4.69) is 37.4 Å². The molecule has 0 radical (unpaired) electrons. The maximum Gasteiger partial charge on any atom is 0.216 e. The number of Topliss-reactive ketones (excluding diaryl/α,β-unsaturated/α-hetero) is 1. The molecule has 0 N–H and O–H groups in total. The predicted molar refractivity (Wildman–Crippen MR) is 90.6 cm³/mol. The van der Waals surface area contributed by atoms with Gasteiger partial charge in [0.15, 0.2) is 0 Å². The smallest absolute Gasteiger partial charge is 0.216 e. The maximum absolute atomic E-state index is 12.4. The molecule has 2 nitrogen and oxygen atoms in total. The summed E-state index contributed by atoms with van der Waals surface area (Å²) >= 11 is 0. The Labute approximate surface area is 148 Å². The van der Waals surface area contributed by atoms with Crippen molar-refractivity contribution in [2.24, 2.45) is 0 Å². The molecule has 1 atom stereocenters. The number of carbonyl (C=O) groups excluding carboxylic acids is 1. The minimum absolute atomic E-state index is 0. The quantitative estimate of drug-likeness (QED) is 0.574. The van der Waals surface area contributed by atoms with Crippen molar-refractivity contribution in [2.75, 3.05) is 26.7 Å². The van der Waals surface area contributed by atoms with Crippen LogP contribution in [0.2, 0.25) is 0 Å². The van der Waals surface area contributed by atoms with Gasteiger partial charge in [0.1, 0.15) is 6.54 Å². The van der Waals surface area contributed by atoms with E-state index in [0.717, 1.165) is 29.6 Å². The monoisotopic (exact) mass is 371 g/mol. The Balaban J connectivity index is 0.00000192. The summed E-state index contributed by atoms with van der Waals surface area (Å²) in [7, 11) is 2.18. The summed E-state index contributed by atoms with van der Waals surface area (Å²) in [5.41, 5.74) is 3.53. The van der Waals surface area contributed by atoms with Crippen molar-refractivity contribution in [1.29, 1.82) is 0 Å². The number of likely N-dealkylation sites (N-methyl/N-ethyl adjacent to an activating group) is 1. The minimum atomic E-state index is 0. The van der Waals surface area contributed by atoms with E-state index in [0.29, 0.717) is 6.54 Å². The lowest BCUT2D eigenvalue weighted by Gasteiger charge is -2.36. The molecule has 0 amide bonds. The van der Waals surface area contributed by atoms with Crippen LogP contribution in [-0.4, -0.2) is 36.9 Å². The highest BCUT2D eigenvalue weighted by Crippen LogP contribution is 2.25. The van der Waals surface area contributed by atoms with E-state index in [9.17, 15) is 4.79 Å². The first-order valence-electron chi connectivity index (χ1n) is 7.83. The topological polar surface area (TPSA) is 17.1 Å². The molecule has 1 unspecified atom stereocenters. The third kappa shape index (κ3) is 4.40. The van der Waals surface area contributed by atoms with Crippen LogP contribution in [0.4, 0.5) is 0 Å². The molecule has 120 valence electrons. The molecule has 0 bridgehead atoms. The highest BCUT2D eigenvalue weighted by Gasteiger charge is 2.28. The summed E-state index contributed by atoms with van der Waals surface area (Å²) in [6, 6.07) is 20.2. The van der Waals surface area contributed by atoms with Gasteiger partial charge in [-0.25, -0.2) is 0 Å². The lowest BCUT2D eigenvalue weighted by Crippen LogP contribution is -3.00. The fourth-order valence-electron chi connectivity index (χ4n) is 3.03. The van der Waals surface area contributed by atoms with Crippen LogP contribution in [0.3, 0.4) is 0 Å². The van der Waals surface area contributed by atoms with Gasteiger partial charge < -0.3 is 21.5 Å². The van der Waals surface area contributed by atoms with Crippen LogP contribution in [-0.2, 0) is 0 Å². The molecule has 0 aromatic heterocycles. The highest BCUT2D eigenvalue weighted by molar-refractivity contribution is 5.96. The molecule has 0 spiro atoms. The Morgan fingerprint density at radius 1 is 1.00 bits per heavy atom. The number of ketones is 1. The van der Waals surface area contributed by atoms with Crippen LogP contribution in [0.25, 0.3) is 5.57 Å². The molecular weight excluding hydrogens is 350 g/mol. The van der Waals surface area contributed by atoms with E-state index < -0.39 is 0 Å². The van der Waals surface area contributed by atoms with Crippen molar-refractivity contribution in [3.8, 4) is 0 Å². The average Bonchev–Trinajstić information content (AvgIpc) is 2.57. The van der Waals surface area contributed by atoms with E-state index in [1.54, 1.807) is 0 Å². The minimum Gasteiger partial charge on any atom is -1.00 e. The van der Waals surface area contributed by atoms with Crippen molar-refractivity contribution in [3.63, 3.8) is 0 Å². The van der Waals surface area contributed by atoms with Gasteiger partial charge >= 0.3 is 0 Å². The number of halogens is 1. The molecular formula is C20H22BrNO. The third-order valence-electron chi connectivity index (χ3n) is 4.47. The van der Waals surface area contributed by atoms with Gasteiger partial charge in [0.2, 0.25) is 5.78 Å². The molecule has 3 rings (SSSR count). The van der Waals surface area contributed by atoms with Crippen LogP contribution >= 0.6 is 0 Å². The first-order valence-corrected chi connectivity index (χ1v) is 7.83. The number of rotatable bonds is 4. The number of nitrogens with zero attached hydrogens (tertiary/aromatic N) is 1. The third-order valence-corrected chi connectivity index (χ3v) is 4.47. The molecule has 1 heterocycles. The molecule has 23 heavy (non-hydrogen) atoms. The van der Waals surface area contributed by atoms with Gasteiger partial charge in [-0.1, -0.05) is 60.7 Å². The van der Waals surface area contributed by atoms with Crippen LogP contribution in [0.1, 0.15) is 22.3 Å². The van der Waals surface area contributed by atoms with Gasteiger partial charge in [-0.3, -0.25) is 4.79 Å². The Kier molecular flexibility index (Phi) is 5.91. The lowest BCUT2D eigenvalue weighted by molar-refractivity contribution is -0.896. The zero-order valence-electron chi connectivity index (χ0n) is 13.4. The van der Waals surface area contributed by atoms with Gasteiger partial charge in [0, 0.05) is 12.0 Å². The van der Waals surface area contributed by atoms with Gasteiger partial charge in [0.25, 0.3) is 0 Å². The zero-order valence-corrected chi connectivity index (χ0v) is 15.0. The second kappa shape index (κ2) is 7.71. The van der Waals surface area contributed by atoms with Crippen LogP contribution < -0.4 is 17.0 Å². The fraction of sp³-hybridized carbons (Fsp3) is 0.250. The standard InChI is InChI=1S/C20H22NO.BrH/c1-21(16-20(22)19-10-6-3-7-11-19)14-12-18(13-15-21)17-8-4-2-5-9-17;/h2-12H,13-16H2,1H3;1H/q+1;/p-1. The summed E-state index contributed by atoms with van der Waals surface area (Å²) in [5, 5.41) is 0. The molecule has 0 saturated heterocycles. The van der Waals surface area contributed by atoms with Crippen LogP contribution in [0.15, 0.2) is 66.7 Å². The SMILES string of the molecule is C[N+]1(CC(=O)c2ccccc2)CC=C(c2ccccc2)CC1.[Br-]. The van der Waals surface area contributed by atoms with Gasteiger partial charge in [-0.2, -0.15) is 0 Å². The van der Waals surface area contributed by atoms with E-state index in [4.69, 9.17) is 0 Å². The molecule has 0 fully saturated rings. The molecule has 1 aliphatic heterocycles. The molecule has 0 aliphatic carbocycles. The predicted octanol–water partition coefficient (Wildman–Crippen LogP) is 0.807. The lowest BCUT2D eigenvalue weighted by atomic mass is 9.98. The van der Waals surface area contributed by atoms with Crippen LogP contribution in [0.5, 0.6) is 0 Å². The van der Waals surface area contributed by atoms with E-state index >= 15 is 0 Å².